The van der Waals surface area contributed by atoms with Crippen molar-refractivity contribution in [1.29, 1.82) is 0 Å². The van der Waals surface area contributed by atoms with E-state index in [0.29, 0.717) is 118 Å². The highest BCUT2D eigenvalue weighted by molar-refractivity contribution is 7.12. The first-order valence-corrected chi connectivity index (χ1v) is 50.4. The maximum Gasteiger partial charge on any atom is 0.328 e. The standard InChI is InChI=1S/C14H15ClFNS.C14H16F2N2.C13H14ClFN2.C13H13ClFNS.2C13H12F3NS.C12H10ClF3N2S.C12H13F2N3/c1-8(2)14-17-9(3)12(18-14)7-10-5-4-6-11(15)13(10)16;1-9(2)14-8-18(10(3)17-14)7-11-4-5-12(15)6-13(11)16;1-9(2)12-7-17(8-16-12)6-10-4-3-5-11(14)13(10)15;1-8(2)13-16-7-10(17-13)6-9-4-3-5-11(14)12(9)15;1-7(2)12-6-17-13(18-12)5-9-10(15)3-8(14)4-11(9)16;1-7(2)13-17-6-9(18-13)5-10-11(15)3-8(14)4-12(10)16;1-6(2)10-17-18-11(19-10)12(15,16)7-4-3-5-8(13)9(7)14;1-8(2)12-7-17(16-15-12)6-9-3-4-10(13)5-11(9)14/h4-6,8H,7H2,1-3H3;4-6,8-9H,7H2,1-3H3;3-5,7-9H,6H2,1-2H3;3-5,7-8H,6H2,1-2H3;2*3-4,6-7H,5H2,1-2H3;3-6H,1-2H3;3-5,7-8H,6H2,1-2H3. The number of aryl methyl sites for hydroxylation is 2. The minimum atomic E-state index is -3.54. The maximum absolute atomic E-state index is 14.2. The van der Waals surface area contributed by atoms with Crippen LogP contribution in [0.3, 0.4) is 0 Å². The summed E-state index contributed by atoms with van der Waals surface area (Å²) in [5.41, 5.74) is 5.48. The summed E-state index contributed by atoms with van der Waals surface area (Å²) >= 11 is 29.7. The molecule has 16 aromatic rings. The first-order chi connectivity index (χ1) is 66.9. The van der Waals surface area contributed by atoms with Gasteiger partial charge < -0.3 is 9.13 Å². The lowest BCUT2D eigenvalue weighted by molar-refractivity contribution is 0.0379. The topological polar surface area (TPSA) is 144 Å². The van der Waals surface area contributed by atoms with Gasteiger partial charge in [-0.2, -0.15) is 8.78 Å². The number of halogens is 20. The molecule has 0 atom stereocenters. The van der Waals surface area contributed by atoms with Crippen molar-refractivity contribution < 1.29 is 70.2 Å². The zero-order chi connectivity index (χ0) is 105. The quantitative estimate of drug-likeness (QED) is 0.0536. The van der Waals surface area contributed by atoms with Gasteiger partial charge in [0.2, 0.25) is 0 Å². The summed E-state index contributed by atoms with van der Waals surface area (Å²) in [6.07, 6.45) is 13.8. The molecule has 756 valence electrons. The molecule has 0 amide bonds. The van der Waals surface area contributed by atoms with Crippen LogP contribution < -0.4 is 0 Å². The van der Waals surface area contributed by atoms with E-state index in [2.05, 4.69) is 106 Å². The molecule has 0 fully saturated rings. The zero-order valence-corrected chi connectivity index (χ0v) is 87.8. The summed E-state index contributed by atoms with van der Waals surface area (Å²) in [7, 11) is 0. The van der Waals surface area contributed by atoms with Crippen LogP contribution in [0, 0.1) is 95.3 Å². The van der Waals surface area contributed by atoms with Crippen LogP contribution in [0.4, 0.5) is 70.2 Å². The third-order valence-corrected chi connectivity index (χ3v) is 28.7. The van der Waals surface area contributed by atoms with Crippen molar-refractivity contribution in [3.63, 3.8) is 0 Å². The fourth-order valence-corrected chi connectivity index (χ4v) is 18.3. The molecule has 0 N–H and O–H groups in total. The van der Waals surface area contributed by atoms with Crippen LogP contribution in [0.5, 0.6) is 0 Å². The summed E-state index contributed by atoms with van der Waals surface area (Å²) in [5.74, 6) is -9.88. The largest absolute Gasteiger partial charge is 0.333 e. The average molecular weight is 2140 g/mol. The fourth-order valence-electron chi connectivity index (χ4n) is 12.8. The average Bonchev–Trinajstić information content (AvgIpc) is 1.54. The van der Waals surface area contributed by atoms with Crippen LogP contribution in [-0.4, -0.2) is 64.2 Å². The van der Waals surface area contributed by atoms with E-state index in [1.54, 1.807) is 107 Å². The Labute approximate surface area is 855 Å². The summed E-state index contributed by atoms with van der Waals surface area (Å²) in [5, 5.41) is 18.9. The molecule has 0 aliphatic rings. The number of hydrogen-bond acceptors (Lipinski definition) is 15. The lowest BCUT2D eigenvalue weighted by atomic mass is 10.1. The van der Waals surface area contributed by atoms with Crippen molar-refractivity contribution in [2.45, 2.75) is 223 Å². The number of alkyl halides is 2. The van der Waals surface area contributed by atoms with Gasteiger partial charge in [-0.05, 0) is 91.1 Å². The molecule has 0 aliphatic heterocycles. The van der Waals surface area contributed by atoms with Gasteiger partial charge in [-0.3, -0.25) is 0 Å². The molecule has 0 saturated carbocycles. The molecule has 38 heteroatoms. The van der Waals surface area contributed by atoms with E-state index in [4.69, 9.17) is 46.4 Å². The minimum absolute atomic E-state index is 0.00809. The summed E-state index contributed by atoms with van der Waals surface area (Å²) < 4.78 is 221. The van der Waals surface area contributed by atoms with Crippen molar-refractivity contribution >= 4 is 103 Å². The first-order valence-electron chi connectivity index (χ1n) is 44.8. The molecule has 16 rings (SSSR count). The van der Waals surface area contributed by atoms with Gasteiger partial charge in [-0.1, -0.05) is 228 Å². The Morgan fingerprint density at radius 2 is 0.810 bits per heavy atom. The summed E-state index contributed by atoms with van der Waals surface area (Å²) in [6.45, 7) is 37.3. The predicted octanol–water partition coefficient (Wildman–Crippen LogP) is 33.0. The van der Waals surface area contributed by atoms with Crippen molar-refractivity contribution in [1.82, 2.24) is 64.2 Å². The molecule has 0 radical (unpaired) electrons. The Morgan fingerprint density at radius 1 is 0.352 bits per heavy atom. The van der Waals surface area contributed by atoms with E-state index >= 15 is 0 Å². The van der Waals surface area contributed by atoms with Crippen molar-refractivity contribution in [2.24, 2.45) is 0 Å². The molecule has 8 heterocycles. The Bertz CT molecular complexity index is 6580. The SMILES string of the molecule is CC(C)c1cn(Cc2ccc(F)cc2F)nn1.CC(C)c1cn(Cc2cccc(Cl)c2F)cn1.CC(C)c1cnc(Cc2c(F)cc(F)cc2F)s1.CC(C)c1ncc(Cc2c(F)cc(F)cc2F)s1.CC(C)c1ncc(Cc2cccc(Cl)c2F)s1.CC(C)c1nnc(C(F)(F)c2cccc(Cl)c2F)s1.Cc1nc(C(C)C)cn1Cc1ccc(F)cc1F.Cc1nc(C(C)C)sc1Cc1cccc(Cl)c1F. The zero-order valence-electron chi connectivity index (χ0n) is 80.7. The fraction of sp³-hybridized carbons (Fsp3) is 0.327. The second kappa shape index (κ2) is 53.3. The second-order valence-electron chi connectivity index (χ2n) is 35.1. The van der Waals surface area contributed by atoms with Gasteiger partial charge in [0.15, 0.2) is 10.8 Å². The molecule has 13 nitrogen and oxygen atoms in total. The van der Waals surface area contributed by atoms with E-state index in [9.17, 15) is 70.2 Å². The predicted molar refractivity (Wildman–Crippen MR) is 538 cm³/mol. The Hall–Kier alpha value is -10.6. The van der Waals surface area contributed by atoms with Crippen LogP contribution in [0.25, 0.3) is 0 Å². The van der Waals surface area contributed by atoms with Crippen molar-refractivity contribution in [3.05, 3.63) is 401 Å². The van der Waals surface area contributed by atoms with Gasteiger partial charge in [-0.25, -0.2) is 96.1 Å². The minimum Gasteiger partial charge on any atom is -0.333 e. The highest BCUT2D eigenvalue weighted by Crippen LogP contribution is 2.42. The first kappa shape index (κ1) is 115. The molecule has 0 spiro atoms. The van der Waals surface area contributed by atoms with Gasteiger partial charge in [0.25, 0.3) is 0 Å². The molecule has 0 bridgehead atoms. The summed E-state index contributed by atoms with van der Waals surface area (Å²) in [6, 6.07) is 28.7. The monoisotopic (exact) mass is 2140 g/mol. The second-order valence-corrected chi connectivity index (χ2v) is 42.3. The molecule has 0 aliphatic carbocycles. The molecule has 8 aromatic carbocycles. The van der Waals surface area contributed by atoms with E-state index in [0.717, 1.165) is 92.7 Å². The lowest BCUT2D eigenvalue weighted by Gasteiger charge is -2.14. The van der Waals surface area contributed by atoms with Crippen LogP contribution in [-0.2, 0) is 51.2 Å². The Morgan fingerprint density at radius 3 is 1.25 bits per heavy atom. The Balaban J connectivity index is 0.000000181. The smallest absolute Gasteiger partial charge is 0.328 e. The lowest BCUT2D eigenvalue weighted by Crippen LogP contribution is -2.17. The van der Waals surface area contributed by atoms with Gasteiger partial charge in [0, 0.05) is 170 Å². The maximum atomic E-state index is 14.2. The van der Waals surface area contributed by atoms with Crippen molar-refractivity contribution in [3.8, 4) is 0 Å². The van der Waals surface area contributed by atoms with Crippen molar-refractivity contribution in [2.75, 3.05) is 0 Å². The highest BCUT2D eigenvalue weighted by Gasteiger charge is 2.42. The third-order valence-electron chi connectivity index (χ3n) is 20.9. The number of thiazole rings is 4. The Kier molecular flexibility index (Phi) is 43.2. The number of benzene rings is 8. The highest BCUT2D eigenvalue weighted by atomic mass is 35.5. The van der Waals surface area contributed by atoms with E-state index in [1.165, 1.54) is 59.1 Å². The number of aromatic nitrogens is 13. The molecule has 0 saturated heterocycles. The van der Waals surface area contributed by atoms with E-state index in [1.807, 2.05) is 97.0 Å². The molecule has 0 unspecified atom stereocenters. The van der Waals surface area contributed by atoms with Crippen LogP contribution in [0.2, 0.25) is 20.1 Å². The van der Waals surface area contributed by atoms with Crippen LogP contribution in [0.15, 0.2) is 177 Å². The van der Waals surface area contributed by atoms with Crippen LogP contribution >= 0.6 is 103 Å². The molecule has 142 heavy (non-hydrogen) atoms. The van der Waals surface area contributed by atoms with Gasteiger partial charge >= 0.3 is 5.92 Å². The number of nitrogens with zero attached hydrogens (tertiary/aromatic N) is 13. The van der Waals surface area contributed by atoms with Gasteiger partial charge in [-0.15, -0.1) is 60.6 Å². The number of imidazole rings is 2. The van der Waals surface area contributed by atoms with Gasteiger partial charge in [0.05, 0.1) is 94.4 Å². The van der Waals surface area contributed by atoms with E-state index in [-0.39, 0.29) is 85.8 Å². The molecular weight excluding hydrogens is 2040 g/mol. The van der Waals surface area contributed by atoms with E-state index < -0.39 is 80.5 Å². The van der Waals surface area contributed by atoms with Crippen LogP contribution in [0.1, 0.15) is 281 Å². The van der Waals surface area contributed by atoms with Gasteiger partial charge in [0.1, 0.15) is 86.5 Å². The number of hydrogen-bond donors (Lipinski definition) is 0. The third kappa shape index (κ3) is 33.2. The normalized spacial score (nSPS) is 11.3. The molecule has 8 aromatic heterocycles. The number of rotatable bonds is 24. The molecular formula is C104H105Cl4F16N13S5. The summed E-state index contributed by atoms with van der Waals surface area (Å²) in [4.78, 5) is 29.9.